The van der Waals surface area contributed by atoms with Gasteiger partial charge in [-0.3, -0.25) is 9.59 Å². The molecule has 1 aromatic carbocycles. The number of carboxylic acids is 1. The van der Waals surface area contributed by atoms with Crippen LogP contribution in [0.5, 0.6) is 0 Å². The molecule has 0 bridgehead atoms. The number of fused-ring (bicyclic) bond motifs is 2. The van der Waals surface area contributed by atoms with Gasteiger partial charge in [-0.1, -0.05) is 0 Å². The molecule has 0 aliphatic carbocycles. The van der Waals surface area contributed by atoms with E-state index in [1.807, 2.05) is 35.9 Å². The number of benzene rings is 1. The molecule has 1 atom stereocenters. The molecule has 2 aromatic heterocycles. The van der Waals surface area contributed by atoms with Gasteiger partial charge in [0, 0.05) is 35.8 Å². The molecule has 1 aliphatic heterocycles. The van der Waals surface area contributed by atoms with E-state index in [4.69, 9.17) is 0 Å². The standard InChI is InChI=1S/C18H18N4O3/c1-2-21-10-20-15-9-22(8-13(16(15)21)18(24)25)17(23)12-3-4-14-11(7-12)5-6-19-14/h3-7,10,13,19H,2,8-9H2,1H3,(H,24,25). The molecule has 25 heavy (non-hydrogen) atoms. The Kier molecular flexibility index (Phi) is 3.56. The van der Waals surface area contributed by atoms with E-state index in [1.165, 1.54) is 0 Å². The number of H-pyrrole nitrogens is 1. The Bertz CT molecular complexity index is 972. The van der Waals surface area contributed by atoms with Crippen LogP contribution < -0.4 is 0 Å². The van der Waals surface area contributed by atoms with Gasteiger partial charge in [0.05, 0.1) is 24.3 Å². The lowest BCUT2D eigenvalue weighted by atomic mass is 9.97. The molecule has 1 aliphatic rings. The number of aliphatic carboxylic acids is 1. The Morgan fingerprint density at radius 3 is 2.96 bits per heavy atom. The van der Waals surface area contributed by atoms with Gasteiger partial charge in [0.2, 0.25) is 0 Å². The summed E-state index contributed by atoms with van der Waals surface area (Å²) in [4.78, 5) is 33.6. The molecule has 0 radical (unpaired) electrons. The number of imidazole rings is 1. The van der Waals surface area contributed by atoms with Crippen molar-refractivity contribution in [2.24, 2.45) is 0 Å². The van der Waals surface area contributed by atoms with Crippen molar-refractivity contribution in [3.8, 4) is 0 Å². The molecule has 0 saturated heterocycles. The predicted octanol–water partition coefficient (Wildman–Crippen LogP) is 2.21. The molecule has 2 N–H and O–H groups in total. The normalized spacial score (nSPS) is 16.8. The third-order valence-corrected chi connectivity index (χ3v) is 4.76. The maximum absolute atomic E-state index is 12.9. The smallest absolute Gasteiger partial charge is 0.314 e. The van der Waals surface area contributed by atoms with E-state index in [1.54, 1.807) is 17.3 Å². The van der Waals surface area contributed by atoms with Crippen molar-refractivity contribution in [2.75, 3.05) is 6.54 Å². The SMILES string of the molecule is CCn1cnc2c1C(C(=O)O)CN(C(=O)c1ccc3[nH]ccc3c1)C2. The molecular weight excluding hydrogens is 320 g/mol. The maximum atomic E-state index is 12.9. The Hall–Kier alpha value is -3.09. The first-order valence-corrected chi connectivity index (χ1v) is 8.21. The molecule has 1 amide bonds. The van der Waals surface area contributed by atoms with E-state index in [-0.39, 0.29) is 12.5 Å². The molecule has 1 unspecified atom stereocenters. The third-order valence-electron chi connectivity index (χ3n) is 4.76. The first-order valence-electron chi connectivity index (χ1n) is 8.21. The van der Waals surface area contributed by atoms with Crippen molar-refractivity contribution in [2.45, 2.75) is 25.9 Å². The summed E-state index contributed by atoms with van der Waals surface area (Å²) in [5.41, 5.74) is 2.88. The Balaban J connectivity index is 1.68. The van der Waals surface area contributed by atoms with Crippen LogP contribution in [0.4, 0.5) is 0 Å². The number of amides is 1. The maximum Gasteiger partial charge on any atom is 0.314 e. The van der Waals surface area contributed by atoms with Gasteiger partial charge in [0.15, 0.2) is 0 Å². The zero-order valence-electron chi connectivity index (χ0n) is 13.8. The van der Waals surface area contributed by atoms with Crippen molar-refractivity contribution in [1.82, 2.24) is 19.4 Å². The number of carboxylic acid groups (broad SMARTS) is 1. The van der Waals surface area contributed by atoms with Crippen LogP contribution in [0.3, 0.4) is 0 Å². The minimum atomic E-state index is -0.935. The van der Waals surface area contributed by atoms with Gasteiger partial charge in [-0.2, -0.15) is 0 Å². The van der Waals surface area contributed by atoms with Gasteiger partial charge in [-0.15, -0.1) is 0 Å². The van der Waals surface area contributed by atoms with E-state index < -0.39 is 11.9 Å². The molecule has 3 heterocycles. The van der Waals surface area contributed by atoms with E-state index in [0.29, 0.717) is 30.0 Å². The van der Waals surface area contributed by atoms with Crippen LogP contribution >= 0.6 is 0 Å². The van der Waals surface area contributed by atoms with Crippen LogP contribution in [0.15, 0.2) is 36.8 Å². The van der Waals surface area contributed by atoms with Gasteiger partial charge < -0.3 is 19.6 Å². The lowest BCUT2D eigenvalue weighted by molar-refractivity contribution is -0.139. The zero-order valence-corrected chi connectivity index (χ0v) is 13.8. The number of aromatic nitrogens is 3. The van der Waals surface area contributed by atoms with E-state index >= 15 is 0 Å². The summed E-state index contributed by atoms with van der Waals surface area (Å²) in [6.07, 6.45) is 3.48. The van der Waals surface area contributed by atoms with E-state index in [0.717, 1.165) is 10.9 Å². The van der Waals surface area contributed by atoms with Crippen LogP contribution in [0.25, 0.3) is 10.9 Å². The van der Waals surface area contributed by atoms with Crippen LogP contribution in [-0.4, -0.2) is 43.0 Å². The topological polar surface area (TPSA) is 91.2 Å². The molecule has 0 spiro atoms. The van der Waals surface area contributed by atoms with Gasteiger partial charge in [0.25, 0.3) is 5.91 Å². The minimum absolute atomic E-state index is 0.151. The Morgan fingerprint density at radius 1 is 1.36 bits per heavy atom. The number of hydrogen-bond donors (Lipinski definition) is 2. The van der Waals surface area contributed by atoms with E-state index in [2.05, 4.69) is 9.97 Å². The predicted molar refractivity (Wildman–Crippen MR) is 91.3 cm³/mol. The summed E-state index contributed by atoms with van der Waals surface area (Å²) in [5.74, 6) is -1.87. The summed E-state index contributed by atoms with van der Waals surface area (Å²) < 4.78 is 1.85. The van der Waals surface area contributed by atoms with Crippen molar-refractivity contribution in [3.05, 3.63) is 53.7 Å². The van der Waals surface area contributed by atoms with Gasteiger partial charge in [0.1, 0.15) is 5.92 Å². The second kappa shape index (κ2) is 5.77. The quantitative estimate of drug-likeness (QED) is 0.766. The highest BCUT2D eigenvalue weighted by molar-refractivity contribution is 5.98. The number of rotatable bonds is 3. The number of nitrogens with zero attached hydrogens (tertiary/aromatic N) is 3. The summed E-state index contributed by atoms with van der Waals surface area (Å²) >= 11 is 0. The Morgan fingerprint density at radius 2 is 2.20 bits per heavy atom. The van der Waals surface area contributed by atoms with Gasteiger partial charge >= 0.3 is 5.97 Å². The molecule has 7 nitrogen and oxygen atoms in total. The average Bonchev–Trinajstić information content (AvgIpc) is 3.25. The van der Waals surface area contributed by atoms with Gasteiger partial charge in [-0.05, 0) is 31.2 Å². The molecule has 7 heteroatoms. The van der Waals surface area contributed by atoms with Crippen LogP contribution in [-0.2, 0) is 17.9 Å². The fourth-order valence-corrected chi connectivity index (χ4v) is 3.48. The molecular formula is C18H18N4O3. The second-order valence-corrected chi connectivity index (χ2v) is 6.22. The van der Waals surface area contributed by atoms with Crippen LogP contribution in [0.1, 0.15) is 34.6 Å². The molecule has 4 rings (SSSR count). The fourth-order valence-electron chi connectivity index (χ4n) is 3.48. The fraction of sp³-hybridized carbons (Fsp3) is 0.278. The summed E-state index contributed by atoms with van der Waals surface area (Å²) in [6, 6.07) is 7.35. The van der Waals surface area contributed by atoms with Crippen molar-refractivity contribution >= 4 is 22.8 Å². The average molecular weight is 338 g/mol. The first kappa shape index (κ1) is 15.4. The number of carbonyl (C=O) groups is 2. The molecule has 0 saturated carbocycles. The first-order chi connectivity index (χ1) is 12.1. The summed E-state index contributed by atoms with van der Waals surface area (Å²) in [5, 5.41) is 10.6. The van der Waals surface area contributed by atoms with Crippen molar-refractivity contribution in [3.63, 3.8) is 0 Å². The number of hydrogen-bond acceptors (Lipinski definition) is 3. The van der Waals surface area contributed by atoms with Crippen molar-refractivity contribution in [1.29, 1.82) is 0 Å². The number of aryl methyl sites for hydroxylation is 1. The highest BCUT2D eigenvalue weighted by Gasteiger charge is 2.36. The lowest BCUT2D eigenvalue weighted by Crippen LogP contribution is -2.41. The summed E-state index contributed by atoms with van der Waals surface area (Å²) in [7, 11) is 0. The van der Waals surface area contributed by atoms with Crippen LogP contribution in [0.2, 0.25) is 0 Å². The minimum Gasteiger partial charge on any atom is -0.481 e. The van der Waals surface area contributed by atoms with E-state index in [9.17, 15) is 14.7 Å². The number of aromatic amines is 1. The summed E-state index contributed by atoms with van der Waals surface area (Å²) in [6.45, 7) is 3.09. The second-order valence-electron chi connectivity index (χ2n) is 6.22. The highest BCUT2D eigenvalue weighted by Crippen LogP contribution is 2.29. The van der Waals surface area contributed by atoms with Gasteiger partial charge in [-0.25, -0.2) is 4.98 Å². The van der Waals surface area contributed by atoms with Crippen LogP contribution in [0, 0.1) is 0 Å². The lowest BCUT2D eigenvalue weighted by Gasteiger charge is -2.31. The van der Waals surface area contributed by atoms with Crippen molar-refractivity contribution < 1.29 is 14.7 Å². The third kappa shape index (κ3) is 2.48. The zero-order chi connectivity index (χ0) is 17.6. The Labute approximate surface area is 143 Å². The number of carbonyl (C=O) groups excluding carboxylic acids is 1. The molecule has 3 aromatic rings. The highest BCUT2D eigenvalue weighted by atomic mass is 16.4. The largest absolute Gasteiger partial charge is 0.481 e. The monoisotopic (exact) mass is 338 g/mol. The molecule has 0 fully saturated rings. The molecule has 128 valence electrons. The number of nitrogens with one attached hydrogen (secondary N) is 1.